The number of amidine groups is 1. The highest BCUT2D eigenvalue weighted by atomic mass is 79.9. The second kappa shape index (κ2) is 6.44. The van der Waals surface area contributed by atoms with Crippen LogP contribution < -0.4 is 5.32 Å². The zero-order valence-electron chi connectivity index (χ0n) is 10.8. The number of rotatable bonds is 5. The molecule has 0 spiro atoms. The van der Waals surface area contributed by atoms with Crippen molar-refractivity contribution in [3.63, 3.8) is 0 Å². The van der Waals surface area contributed by atoms with Crippen molar-refractivity contribution < 1.29 is 0 Å². The van der Waals surface area contributed by atoms with Crippen LogP contribution in [0.5, 0.6) is 0 Å². The summed E-state index contributed by atoms with van der Waals surface area (Å²) in [5.74, 6) is 1.16. The van der Waals surface area contributed by atoms with E-state index in [1.165, 1.54) is 21.5 Å². The van der Waals surface area contributed by atoms with Gasteiger partial charge in [-0.1, -0.05) is 25.6 Å². The van der Waals surface area contributed by atoms with Gasteiger partial charge < -0.3 is 5.32 Å². The molecule has 0 saturated carbocycles. The van der Waals surface area contributed by atoms with Gasteiger partial charge in [-0.2, -0.15) is 0 Å². The quantitative estimate of drug-likeness (QED) is 0.859. The Morgan fingerprint density at radius 2 is 2.17 bits per heavy atom. The van der Waals surface area contributed by atoms with Gasteiger partial charge in [0.2, 0.25) is 0 Å². The molecule has 1 fully saturated rings. The van der Waals surface area contributed by atoms with Crippen molar-refractivity contribution in [2.24, 2.45) is 4.99 Å². The predicted octanol–water partition coefficient (Wildman–Crippen LogP) is 4.30. The third-order valence-corrected chi connectivity index (χ3v) is 6.34. The molecule has 1 aliphatic heterocycles. The number of halogens is 1. The van der Waals surface area contributed by atoms with Crippen LogP contribution in [0, 0.1) is 0 Å². The van der Waals surface area contributed by atoms with Crippen LogP contribution in [-0.2, 0) is 6.42 Å². The molecule has 0 bridgehead atoms. The fourth-order valence-corrected chi connectivity index (χ4v) is 4.81. The Kier molecular flexibility index (Phi) is 5.15. The number of aliphatic imine (C=N–C) groups is 1. The Bertz CT molecular complexity index is 424. The van der Waals surface area contributed by atoms with Gasteiger partial charge in [0, 0.05) is 29.1 Å². The van der Waals surface area contributed by atoms with Gasteiger partial charge in [-0.25, -0.2) is 0 Å². The summed E-state index contributed by atoms with van der Waals surface area (Å²) in [7, 11) is 0. The molecule has 1 saturated heterocycles. The van der Waals surface area contributed by atoms with Crippen LogP contribution in [0.1, 0.15) is 31.6 Å². The van der Waals surface area contributed by atoms with Gasteiger partial charge in [0.05, 0.1) is 3.79 Å². The van der Waals surface area contributed by atoms with Crippen LogP contribution in [0.15, 0.2) is 20.9 Å². The Balaban J connectivity index is 1.84. The minimum absolute atomic E-state index is 0.287. The van der Waals surface area contributed by atoms with Crippen molar-refractivity contribution >= 4 is 44.2 Å². The van der Waals surface area contributed by atoms with Gasteiger partial charge in [0.25, 0.3) is 0 Å². The molecule has 0 unspecified atom stereocenters. The summed E-state index contributed by atoms with van der Waals surface area (Å²) >= 11 is 7.16. The molecule has 2 nitrogen and oxygen atoms in total. The van der Waals surface area contributed by atoms with Crippen LogP contribution >= 0.6 is 39.0 Å². The second-order valence-electron chi connectivity index (χ2n) is 4.54. The number of nitrogens with one attached hydrogen (secondary N) is 1. The molecule has 2 heterocycles. The lowest BCUT2D eigenvalue weighted by molar-refractivity contribution is 0.407. The van der Waals surface area contributed by atoms with Gasteiger partial charge in [0.15, 0.2) is 5.17 Å². The summed E-state index contributed by atoms with van der Waals surface area (Å²) in [6.07, 6.45) is 3.38. The smallest absolute Gasteiger partial charge is 0.157 e. The van der Waals surface area contributed by atoms with Crippen molar-refractivity contribution in [3.8, 4) is 0 Å². The molecule has 0 atom stereocenters. The van der Waals surface area contributed by atoms with Gasteiger partial charge >= 0.3 is 0 Å². The minimum atomic E-state index is 0.287. The molecule has 1 N–H and O–H groups in total. The number of nitrogens with zero attached hydrogens (tertiary/aromatic N) is 1. The number of hydrogen-bond acceptors (Lipinski definition) is 3. The average Bonchev–Trinajstić information content (AvgIpc) is 2.97. The summed E-state index contributed by atoms with van der Waals surface area (Å²) in [6, 6.07) is 4.28. The zero-order valence-corrected chi connectivity index (χ0v) is 14.1. The van der Waals surface area contributed by atoms with Crippen molar-refractivity contribution in [2.75, 3.05) is 12.3 Å². The van der Waals surface area contributed by atoms with E-state index in [0.29, 0.717) is 0 Å². The van der Waals surface area contributed by atoms with Crippen LogP contribution in [0.25, 0.3) is 0 Å². The first kappa shape index (κ1) is 14.4. The first-order valence-corrected chi connectivity index (χ1v) is 8.96. The molecule has 100 valence electrons. The fourth-order valence-electron chi connectivity index (χ4n) is 1.98. The summed E-state index contributed by atoms with van der Waals surface area (Å²) in [6.45, 7) is 5.39. The standard InChI is InChI=1S/C13H19BrN2S2/c1-3-13(4-2)9-17-12(16-13)15-8-7-10-5-6-11(14)18-10/h5-6H,3-4,7-9H2,1-2H3,(H,15,16). The SMILES string of the molecule is CCC1(CC)CSC(=NCCc2ccc(Br)s2)N1. The normalized spacial score (nSPS) is 20.3. The van der Waals surface area contributed by atoms with Crippen LogP contribution in [0.2, 0.25) is 0 Å². The van der Waals surface area contributed by atoms with Gasteiger partial charge in [-0.3, -0.25) is 4.99 Å². The Hall–Kier alpha value is -0.0000000000000000278. The fraction of sp³-hybridized carbons (Fsp3) is 0.615. The maximum absolute atomic E-state index is 4.68. The summed E-state index contributed by atoms with van der Waals surface area (Å²) < 4.78 is 1.20. The zero-order chi connectivity index (χ0) is 13.0. The Morgan fingerprint density at radius 3 is 2.72 bits per heavy atom. The molecule has 1 aromatic rings. The van der Waals surface area contributed by atoms with Gasteiger partial charge in [-0.05, 0) is 40.9 Å². The molecule has 5 heteroatoms. The highest BCUT2D eigenvalue weighted by Gasteiger charge is 2.33. The van der Waals surface area contributed by atoms with E-state index >= 15 is 0 Å². The molecular formula is C13H19BrN2S2. The largest absolute Gasteiger partial charge is 0.359 e. The van der Waals surface area contributed by atoms with E-state index in [1.807, 2.05) is 11.8 Å². The average molecular weight is 347 g/mol. The lowest BCUT2D eigenvalue weighted by Gasteiger charge is -2.25. The lowest BCUT2D eigenvalue weighted by atomic mass is 9.96. The predicted molar refractivity (Wildman–Crippen MR) is 86.9 cm³/mol. The number of hydrogen-bond donors (Lipinski definition) is 1. The maximum atomic E-state index is 4.68. The molecule has 1 aliphatic rings. The van der Waals surface area contributed by atoms with E-state index < -0.39 is 0 Å². The Labute approximate surface area is 126 Å². The molecular weight excluding hydrogens is 328 g/mol. The van der Waals surface area contributed by atoms with E-state index in [1.54, 1.807) is 11.3 Å². The highest BCUT2D eigenvalue weighted by Crippen LogP contribution is 2.29. The van der Waals surface area contributed by atoms with E-state index in [0.717, 1.165) is 23.9 Å². The van der Waals surface area contributed by atoms with Crippen molar-refractivity contribution in [1.29, 1.82) is 0 Å². The van der Waals surface area contributed by atoms with Crippen LogP contribution in [-0.4, -0.2) is 23.0 Å². The first-order valence-electron chi connectivity index (χ1n) is 6.37. The lowest BCUT2D eigenvalue weighted by Crippen LogP contribution is -2.42. The van der Waals surface area contributed by atoms with E-state index in [4.69, 9.17) is 0 Å². The second-order valence-corrected chi connectivity index (χ2v) is 8.06. The minimum Gasteiger partial charge on any atom is -0.359 e. The maximum Gasteiger partial charge on any atom is 0.157 e. The molecule has 0 aromatic carbocycles. The van der Waals surface area contributed by atoms with Gasteiger partial charge in [-0.15, -0.1) is 11.3 Å². The first-order chi connectivity index (χ1) is 8.67. The van der Waals surface area contributed by atoms with Gasteiger partial charge in [0.1, 0.15) is 0 Å². The topological polar surface area (TPSA) is 24.4 Å². The number of thioether (sulfide) groups is 1. The molecule has 0 radical (unpaired) electrons. The molecule has 0 aliphatic carbocycles. The van der Waals surface area contributed by atoms with Crippen LogP contribution in [0.4, 0.5) is 0 Å². The van der Waals surface area contributed by atoms with E-state index in [2.05, 4.69) is 52.2 Å². The third kappa shape index (κ3) is 3.52. The van der Waals surface area contributed by atoms with Crippen molar-refractivity contribution in [1.82, 2.24) is 5.32 Å². The van der Waals surface area contributed by atoms with Crippen LogP contribution in [0.3, 0.4) is 0 Å². The third-order valence-electron chi connectivity index (χ3n) is 3.45. The molecule has 1 aromatic heterocycles. The van der Waals surface area contributed by atoms with Crippen molar-refractivity contribution in [3.05, 3.63) is 20.8 Å². The van der Waals surface area contributed by atoms with E-state index in [9.17, 15) is 0 Å². The monoisotopic (exact) mass is 346 g/mol. The molecule has 2 rings (SSSR count). The highest BCUT2D eigenvalue weighted by molar-refractivity contribution is 9.11. The van der Waals surface area contributed by atoms with Crippen molar-refractivity contribution in [2.45, 2.75) is 38.6 Å². The summed E-state index contributed by atoms with van der Waals surface area (Å²) in [4.78, 5) is 6.07. The summed E-state index contributed by atoms with van der Waals surface area (Å²) in [5.41, 5.74) is 0.287. The van der Waals surface area contributed by atoms with E-state index in [-0.39, 0.29) is 5.54 Å². The number of thiophene rings is 1. The molecule has 0 amide bonds. The molecule has 18 heavy (non-hydrogen) atoms. The Morgan fingerprint density at radius 1 is 1.39 bits per heavy atom. The summed E-state index contributed by atoms with van der Waals surface area (Å²) in [5, 5.41) is 4.74.